The average molecular weight is 400 g/mol. The second kappa shape index (κ2) is 7.85. The number of benzene rings is 5. The summed E-state index contributed by atoms with van der Waals surface area (Å²) < 4.78 is 0. The highest BCUT2D eigenvalue weighted by molar-refractivity contribution is 6.19. The van der Waals surface area contributed by atoms with Gasteiger partial charge in [-0.25, -0.2) is 0 Å². The van der Waals surface area contributed by atoms with Gasteiger partial charge in [-0.05, 0) is 74.5 Å². The summed E-state index contributed by atoms with van der Waals surface area (Å²) in [5, 5.41) is 7.60. The van der Waals surface area contributed by atoms with Gasteiger partial charge in [0.05, 0.1) is 0 Å². The third-order valence-corrected chi connectivity index (χ3v) is 6.15. The lowest BCUT2D eigenvalue weighted by Gasteiger charge is -2.15. The third kappa shape index (κ3) is 3.33. The van der Waals surface area contributed by atoms with Crippen LogP contribution in [-0.2, 0) is 0 Å². The van der Waals surface area contributed by atoms with Gasteiger partial charge in [-0.15, -0.1) is 0 Å². The van der Waals surface area contributed by atoms with E-state index in [1.807, 2.05) is 13.3 Å². The first kappa shape index (κ1) is 19.3. The molecule has 0 saturated heterocycles. The molecule has 31 heavy (non-hydrogen) atoms. The van der Waals surface area contributed by atoms with Gasteiger partial charge in [0.25, 0.3) is 0 Å². The minimum Gasteiger partial charge on any atom is -0.296 e. The van der Waals surface area contributed by atoms with E-state index in [0.717, 1.165) is 0 Å². The first-order chi connectivity index (χ1) is 15.2. The number of fused-ring (bicyclic) bond motifs is 4. The molecule has 1 nitrogen and oxygen atoms in total. The number of aliphatic imine (C=N–C) groups is 1. The van der Waals surface area contributed by atoms with Crippen LogP contribution in [0.5, 0.6) is 0 Å². The Hall–Kier alpha value is -3.71. The predicted octanol–water partition coefficient (Wildman–Crippen LogP) is 8.06. The summed E-state index contributed by atoms with van der Waals surface area (Å²) in [5.74, 6) is 0. The quantitative estimate of drug-likeness (QED) is 0.165. The Morgan fingerprint density at radius 1 is 0.677 bits per heavy atom. The summed E-state index contributed by atoms with van der Waals surface area (Å²) in [6.45, 7) is 4.42. The lowest BCUT2D eigenvalue weighted by molar-refractivity contribution is 1.44. The first-order valence-corrected chi connectivity index (χ1v) is 10.7. The topological polar surface area (TPSA) is 12.4 Å². The molecule has 0 heterocycles. The molecule has 5 rings (SSSR count). The second-order valence-electron chi connectivity index (χ2n) is 8.15. The molecular weight excluding hydrogens is 374 g/mol. The largest absolute Gasteiger partial charge is 0.296 e. The molecule has 0 fully saturated rings. The molecule has 5 aromatic carbocycles. The van der Waals surface area contributed by atoms with E-state index in [4.69, 9.17) is 0 Å². The van der Waals surface area contributed by atoms with Gasteiger partial charge in [0, 0.05) is 18.8 Å². The molecule has 5 aromatic rings. The highest BCUT2D eigenvalue weighted by atomic mass is 14.6. The maximum atomic E-state index is 4.41. The van der Waals surface area contributed by atoms with E-state index in [-0.39, 0.29) is 0 Å². The molecule has 0 radical (unpaired) electrons. The van der Waals surface area contributed by atoms with E-state index in [1.165, 1.54) is 60.1 Å². The molecule has 0 bridgehead atoms. The second-order valence-corrected chi connectivity index (χ2v) is 8.15. The van der Waals surface area contributed by atoms with E-state index in [2.05, 4.69) is 110 Å². The zero-order chi connectivity index (χ0) is 21.4. The van der Waals surface area contributed by atoms with Crippen LogP contribution < -0.4 is 0 Å². The predicted molar refractivity (Wildman–Crippen MR) is 137 cm³/mol. The Bertz CT molecular complexity index is 1500. The van der Waals surface area contributed by atoms with Gasteiger partial charge in [-0.1, -0.05) is 84.9 Å². The van der Waals surface area contributed by atoms with Crippen LogP contribution in [-0.4, -0.2) is 13.3 Å². The van der Waals surface area contributed by atoms with Crippen molar-refractivity contribution in [3.05, 3.63) is 107 Å². The van der Waals surface area contributed by atoms with E-state index in [0.29, 0.717) is 0 Å². The van der Waals surface area contributed by atoms with Crippen LogP contribution >= 0.6 is 0 Å². The van der Waals surface area contributed by atoms with Crippen LogP contribution in [0.3, 0.4) is 0 Å². The fourth-order valence-corrected chi connectivity index (χ4v) is 4.69. The Balaban J connectivity index is 1.83. The van der Waals surface area contributed by atoms with Gasteiger partial charge in [-0.2, -0.15) is 0 Å². The third-order valence-electron chi connectivity index (χ3n) is 6.15. The lowest BCUT2D eigenvalue weighted by atomic mass is 9.89. The van der Waals surface area contributed by atoms with E-state index in [9.17, 15) is 0 Å². The average Bonchev–Trinajstić information content (AvgIpc) is 2.80. The number of nitrogens with zero attached hydrogens (tertiary/aromatic N) is 1. The van der Waals surface area contributed by atoms with Crippen molar-refractivity contribution in [3.8, 4) is 0 Å². The summed E-state index contributed by atoms with van der Waals surface area (Å²) in [5.41, 5.74) is 6.24. The van der Waals surface area contributed by atoms with Crippen LogP contribution in [0.15, 0.2) is 89.9 Å². The van der Waals surface area contributed by atoms with Crippen molar-refractivity contribution in [2.75, 3.05) is 7.05 Å². The lowest BCUT2D eigenvalue weighted by Crippen LogP contribution is -1.95. The Labute approximate surface area is 183 Å². The zero-order valence-corrected chi connectivity index (χ0v) is 18.2. The van der Waals surface area contributed by atoms with Crippen molar-refractivity contribution in [3.63, 3.8) is 0 Å². The summed E-state index contributed by atoms with van der Waals surface area (Å²) in [7, 11) is 1.85. The molecule has 0 aliphatic carbocycles. The highest BCUT2D eigenvalue weighted by Gasteiger charge is 2.12. The van der Waals surface area contributed by atoms with Gasteiger partial charge in [-0.3, -0.25) is 4.99 Å². The fraction of sp³-hybridized carbons (Fsp3) is 0.100. The van der Waals surface area contributed by atoms with Crippen molar-refractivity contribution in [2.24, 2.45) is 4.99 Å². The molecule has 0 saturated carbocycles. The molecule has 0 aliphatic rings. The number of hydrogen-bond donors (Lipinski definition) is 0. The molecule has 1 heteroatoms. The summed E-state index contributed by atoms with van der Waals surface area (Å²) in [4.78, 5) is 4.41. The normalized spacial score (nSPS) is 12.4. The SMILES string of the molecule is C/N=C/c1c(/C=C(\C)c2cc3ccccc3cc2C)c2ccccc2c2ccccc12. The first-order valence-electron chi connectivity index (χ1n) is 10.7. The van der Waals surface area contributed by atoms with Crippen LogP contribution in [0.2, 0.25) is 0 Å². The van der Waals surface area contributed by atoms with Gasteiger partial charge < -0.3 is 0 Å². The minimum atomic E-state index is 1.18. The molecule has 150 valence electrons. The number of hydrogen-bond acceptors (Lipinski definition) is 1. The van der Waals surface area contributed by atoms with Crippen molar-refractivity contribution >= 4 is 50.2 Å². The number of aryl methyl sites for hydroxylation is 1. The summed E-state index contributed by atoms with van der Waals surface area (Å²) in [6.07, 6.45) is 4.34. The molecule has 0 N–H and O–H groups in total. The maximum absolute atomic E-state index is 4.41. The van der Waals surface area contributed by atoms with Crippen LogP contribution in [0.1, 0.15) is 29.2 Å². The van der Waals surface area contributed by atoms with Gasteiger partial charge in [0.15, 0.2) is 0 Å². The molecule has 0 aromatic heterocycles. The van der Waals surface area contributed by atoms with Crippen LogP contribution in [0.4, 0.5) is 0 Å². The van der Waals surface area contributed by atoms with E-state index < -0.39 is 0 Å². The smallest absolute Gasteiger partial charge is 0.0293 e. The van der Waals surface area contributed by atoms with E-state index in [1.54, 1.807) is 0 Å². The fourth-order valence-electron chi connectivity index (χ4n) is 4.69. The Morgan fingerprint density at radius 3 is 1.81 bits per heavy atom. The highest BCUT2D eigenvalue weighted by Crippen LogP contribution is 2.35. The zero-order valence-electron chi connectivity index (χ0n) is 18.2. The van der Waals surface area contributed by atoms with Gasteiger partial charge in [0.2, 0.25) is 0 Å². The Morgan fingerprint density at radius 2 is 1.19 bits per heavy atom. The van der Waals surface area contributed by atoms with Crippen molar-refractivity contribution in [1.82, 2.24) is 0 Å². The molecule has 0 unspecified atom stereocenters. The monoisotopic (exact) mass is 399 g/mol. The van der Waals surface area contributed by atoms with Gasteiger partial charge >= 0.3 is 0 Å². The van der Waals surface area contributed by atoms with Crippen LogP contribution in [0.25, 0.3) is 44.0 Å². The summed E-state index contributed by atoms with van der Waals surface area (Å²) >= 11 is 0. The minimum absolute atomic E-state index is 1.18. The molecule has 0 spiro atoms. The van der Waals surface area contributed by atoms with E-state index >= 15 is 0 Å². The molecule has 0 amide bonds. The van der Waals surface area contributed by atoms with Gasteiger partial charge in [0.1, 0.15) is 0 Å². The standard InChI is InChI=1S/C30H25N/c1-20-16-22-10-4-5-11-23(22)18-28(20)21(2)17-29-26-14-8-6-12-24(26)25-13-7-9-15-27(25)30(29)19-31-3/h4-19H,1-3H3/b21-17+,31-19+. The van der Waals surface area contributed by atoms with Crippen LogP contribution in [0, 0.1) is 6.92 Å². The molecular formula is C30H25N. The number of rotatable bonds is 3. The maximum Gasteiger partial charge on any atom is 0.0293 e. The van der Waals surface area contributed by atoms with Crippen molar-refractivity contribution in [2.45, 2.75) is 13.8 Å². The molecule has 0 atom stereocenters. The summed E-state index contributed by atoms with van der Waals surface area (Å²) in [6, 6.07) is 30.5. The number of allylic oxidation sites excluding steroid dienone is 1. The Kier molecular flexibility index (Phi) is 4.88. The van der Waals surface area contributed by atoms with Crippen molar-refractivity contribution in [1.29, 1.82) is 0 Å². The molecule has 0 aliphatic heterocycles. The van der Waals surface area contributed by atoms with Crippen molar-refractivity contribution < 1.29 is 0 Å².